The summed E-state index contributed by atoms with van der Waals surface area (Å²) in [7, 11) is 4.87. The minimum absolute atomic E-state index is 0. The minimum atomic E-state index is -0.178. The van der Waals surface area contributed by atoms with Crippen LogP contribution in [-0.2, 0) is 0 Å². The number of hydrogen-bond acceptors (Lipinski definition) is 14. The number of halogens is 4. The summed E-state index contributed by atoms with van der Waals surface area (Å²) in [5.74, 6) is 2.05. The smallest absolute Gasteiger partial charge is 0.374 e. The van der Waals surface area contributed by atoms with Gasteiger partial charge in [0.25, 0.3) is 0 Å². The summed E-state index contributed by atoms with van der Waals surface area (Å²) in [5, 5.41) is 58.9. The number of aromatic hydroxyl groups is 4. The topological polar surface area (TPSA) is 234 Å². The van der Waals surface area contributed by atoms with Gasteiger partial charge in [0.1, 0.15) is 50.8 Å². The number of nitrogens with zero attached hydrogens (tertiary/aromatic N) is 6. The first-order valence-corrected chi connectivity index (χ1v) is 22.7. The first-order valence-electron chi connectivity index (χ1n) is 19.2. The summed E-state index contributed by atoms with van der Waals surface area (Å²) >= 11 is 12.6. The number of phenolic OH excluding ortho intramolecular Hbond substituents is 4. The molecule has 0 unspecified atom stereocenters. The van der Waals surface area contributed by atoms with Gasteiger partial charge in [-0.05, 0) is 88.7 Å². The highest BCUT2D eigenvalue weighted by atomic mass is 79.9. The summed E-state index contributed by atoms with van der Waals surface area (Å²) in [4.78, 5) is 17.7. The van der Waals surface area contributed by atoms with E-state index in [4.69, 9.17) is 19.9 Å². The molecule has 8 N–H and O–H groups in total. The lowest BCUT2D eigenvalue weighted by Crippen LogP contribution is -2.42. The third-order valence-corrected chi connectivity index (χ3v) is 10.2. The Morgan fingerprint density at radius 1 is 0.463 bits per heavy atom. The van der Waals surface area contributed by atoms with Crippen LogP contribution >= 0.6 is 63.2 Å². The van der Waals surface area contributed by atoms with Gasteiger partial charge in [0, 0.05) is 27.3 Å². The number of methoxy groups -OCH3 is 3. The molecule has 67 heavy (non-hydrogen) atoms. The van der Waals surface area contributed by atoms with Gasteiger partial charge in [-0.2, -0.15) is 0 Å². The van der Waals surface area contributed by atoms with E-state index in [1.54, 1.807) is 57.7 Å². The molecule has 21 heteroatoms. The normalized spacial score (nSPS) is 10.3. The fraction of sp³-hybridized carbons (Fsp3) is 0.0870. The zero-order valence-electron chi connectivity index (χ0n) is 34.9. The quantitative estimate of drug-likeness (QED) is 0.0287. The Morgan fingerprint density at radius 3 is 1.13 bits per heavy atom. The van der Waals surface area contributed by atoms with Crippen LogP contribution in [-0.4, -0.2) is 75.3 Å². The number of ether oxygens (including phenoxy) is 3. The van der Waals surface area contributed by atoms with E-state index in [1.165, 1.54) is 36.4 Å². The van der Waals surface area contributed by atoms with Crippen LogP contribution in [0.5, 0.6) is 40.2 Å². The first-order chi connectivity index (χ1) is 31.7. The lowest BCUT2D eigenvalue weighted by atomic mass is 10.2. The maximum absolute atomic E-state index is 10.1. The Labute approximate surface area is 416 Å². The summed E-state index contributed by atoms with van der Waals surface area (Å²) in [6, 6.07) is 35.7. The lowest BCUT2D eigenvalue weighted by Gasteiger charge is -2.07. The van der Waals surface area contributed by atoms with Crippen molar-refractivity contribution in [3.8, 4) is 40.2 Å². The van der Waals surface area contributed by atoms with E-state index in [0.29, 0.717) is 27.8 Å². The highest BCUT2D eigenvalue weighted by Crippen LogP contribution is 2.31. The van der Waals surface area contributed by atoms with Crippen molar-refractivity contribution in [1.82, 2.24) is 19.9 Å². The van der Waals surface area contributed by atoms with Gasteiger partial charge >= 0.3 is 25.3 Å². The third kappa shape index (κ3) is 11.7. The van der Waals surface area contributed by atoms with E-state index in [1.807, 2.05) is 54.6 Å². The molecule has 0 amide bonds. The van der Waals surface area contributed by atoms with Crippen LogP contribution in [0.4, 0.5) is 5.69 Å². The largest absolute Gasteiger partial charge is 0.506 e. The number of para-hydroxylation sites is 6. The maximum atomic E-state index is 10.1. The van der Waals surface area contributed by atoms with Gasteiger partial charge in [-0.3, -0.25) is 10.4 Å². The monoisotopic (exact) mass is 1160 g/mol. The predicted octanol–water partition coefficient (Wildman–Crippen LogP) is 10.3. The Kier molecular flexibility index (Phi) is 17.7. The molecule has 0 aliphatic rings. The number of hydrogen-bond donors (Lipinski definition) is 7. The molecule has 0 atom stereocenters. The molecule has 7 aromatic carbocycles. The van der Waals surface area contributed by atoms with Crippen LogP contribution in [0, 0.1) is 0 Å². The van der Waals surface area contributed by atoms with Crippen LogP contribution in [0.1, 0.15) is 7.43 Å². The second-order valence-electron chi connectivity index (χ2n) is 13.4. The Morgan fingerprint density at radius 2 is 0.761 bits per heavy atom. The van der Waals surface area contributed by atoms with Crippen LogP contribution in [0.15, 0.2) is 132 Å². The van der Waals surface area contributed by atoms with Crippen LogP contribution < -0.4 is 29.4 Å². The van der Waals surface area contributed by atoms with Crippen molar-refractivity contribution in [3.63, 3.8) is 0 Å². The van der Waals surface area contributed by atoms with E-state index < -0.39 is 0 Å². The zero-order chi connectivity index (χ0) is 47.7. The number of phenols is 4. The van der Waals surface area contributed by atoms with Gasteiger partial charge in [-0.15, -0.1) is 47.3 Å². The summed E-state index contributed by atoms with van der Waals surface area (Å²) in [6.07, 6.45) is 0. The summed E-state index contributed by atoms with van der Waals surface area (Å²) in [5.41, 5.74) is 11.9. The maximum Gasteiger partial charge on any atom is 0.374 e. The molecule has 0 saturated carbocycles. The van der Waals surface area contributed by atoms with Gasteiger partial charge in [0.05, 0.1) is 47.9 Å². The molecule has 0 fully saturated rings. The van der Waals surface area contributed by atoms with E-state index in [2.05, 4.69) is 83.1 Å². The third-order valence-electron chi connectivity index (χ3n) is 9.39. The van der Waals surface area contributed by atoms with E-state index in [-0.39, 0.29) is 55.7 Å². The fourth-order valence-corrected chi connectivity index (χ4v) is 6.85. The second-order valence-corrected chi connectivity index (χ2v) is 20.6. The number of aromatic nitrogens is 6. The fourth-order valence-electron chi connectivity index (χ4n) is 6.43. The Balaban J connectivity index is 0.000000165. The van der Waals surface area contributed by atoms with Crippen molar-refractivity contribution < 1.29 is 54.5 Å². The SMILES string of the molecule is BrB(Br)Br.C.COc1cccc(N)c1Br.COc1cccc2nc3c(OC)cccc3nc12.Oc1cccc2c1[n+](O)c1cccc(O)c1[n+]2O.Oc1cccc2nc3c(O)cccc3nc12. The van der Waals surface area contributed by atoms with Gasteiger partial charge in [-0.25, -0.2) is 19.9 Å². The van der Waals surface area contributed by atoms with Gasteiger partial charge < -0.3 is 40.4 Å². The van der Waals surface area contributed by atoms with Crippen LogP contribution in [0.25, 0.3) is 66.2 Å². The van der Waals surface area contributed by atoms with Gasteiger partial charge in [0.15, 0.2) is 0 Å². The minimum Gasteiger partial charge on any atom is -0.506 e. The first kappa shape index (κ1) is 51.3. The molecule has 0 bridgehead atoms. The van der Waals surface area contributed by atoms with Gasteiger partial charge in [-0.1, -0.05) is 49.9 Å². The zero-order valence-corrected chi connectivity index (χ0v) is 41.2. The average molecular weight is 1170 g/mol. The molecule has 0 aliphatic heterocycles. The molecule has 344 valence electrons. The summed E-state index contributed by atoms with van der Waals surface area (Å²) in [6.45, 7) is 0. The highest BCUT2D eigenvalue weighted by molar-refractivity contribution is 9.69. The molecule has 3 aromatic heterocycles. The van der Waals surface area contributed by atoms with Crippen molar-refractivity contribution in [2.45, 2.75) is 7.43 Å². The Bertz CT molecular complexity index is 3170. The molecule has 10 rings (SSSR count). The van der Waals surface area contributed by atoms with E-state index in [9.17, 15) is 30.8 Å². The Hall–Kier alpha value is -6.68. The predicted molar refractivity (Wildman–Crippen MR) is 274 cm³/mol. The van der Waals surface area contributed by atoms with Crippen molar-refractivity contribution in [3.05, 3.63) is 132 Å². The lowest BCUT2D eigenvalue weighted by molar-refractivity contribution is -0.895. The number of fused-ring (bicyclic) bond motifs is 6. The molecule has 16 nitrogen and oxygen atoms in total. The average Bonchev–Trinajstić information content (AvgIpc) is 3.31. The molecular formula is C46H42BBr4N7O9+2. The van der Waals surface area contributed by atoms with Crippen molar-refractivity contribution in [2.75, 3.05) is 27.1 Å². The number of nitrogens with two attached hydrogens (primary N) is 1. The molecule has 0 spiro atoms. The highest BCUT2D eigenvalue weighted by Gasteiger charge is 2.32. The molecule has 0 saturated heterocycles. The number of benzene rings is 7. The number of nitrogen functional groups attached to an aromatic ring is 1. The van der Waals surface area contributed by atoms with Crippen molar-refractivity contribution in [1.29, 1.82) is 0 Å². The summed E-state index contributed by atoms with van der Waals surface area (Å²) < 4.78 is 18.1. The van der Waals surface area contributed by atoms with Crippen molar-refractivity contribution >= 4 is 138 Å². The molecular weight excluding hydrogens is 1120 g/mol. The molecule has 0 aliphatic carbocycles. The molecule has 3 heterocycles. The molecule has 10 aromatic rings. The van der Waals surface area contributed by atoms with E-state index >= 15 is 0 Å². The number of rotatable bonds is 3. The van der Waals surface area contributed by atoms with Crippen LogP contribution in [0.2, 0.25) is 0 Å². The van der Waals surface area contributed by atoms with Gasteiger partial charge in [0.2, 0.25) is 11.5 Å². The van der Waals surface area contributed by atoms with E-state index in [0.717, 1.165) is 53.2 Å². The van der Waals surface area contributed by atoms with Crippen LogP contribution in [0.3, 0.4) is 0 Å². The second kappa shape index (κ2) is 23.2. The standard InChI is InChI=1S/C14H12N2O2.C12H8N2O4.C12H8N2O2.C7H8BrNO.CH4.BBr3/c1-17-11-7-3-5-9-13(11)15-10-6-4-8-12(18-2)14(10)16-9;15-9-5-1-3-7-11(9)14(18)8-4-2-6-10(16)12(8)13(7)17;15-9-5-1-3-7-11(9)14-8-4-2-6-10(16)12(8)13-7;1-10-6-4-2-3-5(9)7(6)8;;2-1(3)4/h3-8H,1-2H3;1-6,17H,(H-,15,16,18);1-6,15-16H;2-4H,9H2,1H3;1H4;/p+2. The number of anilines is 1. The van der Waals surface area contributed by atoms with Crippen molar-refractivity contribution in [2.24, 2.45) is 0 Å². The molecule has 0 radical (unpaired) electrons.